The number of carbonyl (C=O) groups excluding carboxylic acids is 1. The molecular formula is C20H23N3O3S. The normalized spacial score (nSPS) is 17.6. The van der Waals surface area contributed by atoms with E-state index < -0.39 is 16.2 Å². The number of amides is 2. The summed E-state index contributed by atoms with van der Waals surface area (Å²) in [5.41, 5.74) is 3.51. The summed E-state index contributed by atoms with van der Waals surface area (Å²) in [6.45, 7) is 0.908. The Morgan fingerprint density at radius 1 is 0.815 bits per heavy atom. The molecule has 2 aromatic carbocycles. The molecule has 1 saturated heterocycles. The highest BCUT2D eigenvalue weighted by Gasteiger charge is 2.31. The molecule has 0 saturated carbocycles. The largest absolute Gasteiger partial charge is 0.341 e. The van der Waals surface area contributed by atoms with Gasteiger partial charge in [0.15, 0.2) is 0 Å². The first-order valence-corrected chi connectivity index (χ1v) is 10.8. The lowest BCUT2D eigenvalue weighted by Crippen LogP contribution is -2.49. The minimum atomic E-state index is -3.86. The second-order valence-electron chi connectivity index (χ2n) is 6.96. The molecule has 7 heteroatoms. The number of carbonyl (C=O) groups is 1. The number of rotatable bonds is 2. The van der Waals surface area contributed by atoms with E-state index in [1.54, 1.807) is 0 Å². The van der Waals surface area contributed by atoms with E-state index in [0.717, 1.165) is 54.6 Å². The number of aryl methyl sites for hydroxylation is 2. The van der Waals surface area contributed by atoms with E-state index in [4.69, 9.17) is 0 Å². The maximum atomic E-state index is 13.1. The van der Waals surface area contributed by atoms with Gasteiger partial charge in [-0.05, 0) is 48.9 Å². The molecule has 2 amide bonds. The minimum Gasteiger partial charge on any atom is -0.262 e. The zero-order chi connectivity index (χ0) is 18.9. The Kier molecular flexibility index (Phi) is 4.88. The van der Waals surface area contributed by atoms with Crippen LogP contribution in [0.3, 0.4) is 0 Å². The zero-order valence-electron chi connectivity index (χ0n) is 15.1. The van der Waals surface area contributed by atoms with Gasteiger partial charge in [-0.3, -0.25) is 4.90 Å². The molecule has 2 heterocycles. The molecule has 0 aromatic heterocycles. The Bertz CT molecular complexity index is 905. The molecule has 2 aromatic rings. The molecule has 0 spiro atoms. The van der Waals surface area contributed by atoms with Gasteiger partial charge in [0.25, 0.3) is 0 Å². The lowest BCUT2D eigenvalue weighted by Gasteiger charge is -2.29. The van der Waals surface area contributed by atoms with Crippen LogP contribution in [-0.2, 0) is 23.1 Å². The molecule has 0 bridgehead atoms. The molecule has 2 aliphatic rings. The van der Waals surface area contributed by atoms with Gasteiger partial charge >= 0.3 is 16.2 Å². The molecule has 1 N–H and O–H groups in total. The SMILES string of the molecule is O=C(NS(=O)(=O)N1CCCCC1)N1c2ccccc2CCc2ccccc21. The van der Waals surface area contributed by atoms with E-state index in [9.17, 15) is 13.2 Å². The maximum Gasteiger partial charge on any atom is 0.341 e. The van der Waals surface area contributed by atoms with Crippen LogP contribution < -0.4 is 9.62 Å². The van der Waals surface area contributed by atoms with E-state index in [1.807, 2.05) is 48.5 Å². The number of nitrogens with zero attached hydrogens (tertiary/aromatic N) is 2. The van der Waals surface area contributed by atoms with Crippen molar-refractivity contribution in [2.45, 2.75) is 32.1 Å². The van der Waals surface area contributed by atoms with Crippen molar-refractivity contribution in [3.63, 3.8) is 0 Å². The number of anilines is 2. The minimum absolute atomic E-state index is 0.454. The molecule has 6 nitrogen and oxygen atoms in total. The first-order valence-electron chi connectivity index (χ1n) is 9.34. The average molecular weight is 385 g/mol. The van der Waals surface area contributed by atoms with Gasteiger partial charge < -0.3 is 0 Å². The van der Waals surface area contributed by atoms with Crippen LogP contribution in [0, 0.1) is 0 Å². The van der Waals surface area contributed by atoms with Gasteiger partial charge in [0.2, 0.25) is 0 Å². The van der Waals surface area contributed by atoms with E-state index >= 15 is 0 Å². The molecule has 0 atom stereocenters. The quantitative estimate of drug-likeness (QED) is 0.862. The summed E-state index contributed by atoms with van der Waals surface area (Å²) in [7, 11) is -3.86. The van der Waals surface area contributed by atoms with Crippen LogP contribution >= 0.6 is 0 Å². The second kappa shape index (κ2) is 7.32. The molecule has 0 radical (unpaired) electrons. The first-order chi connectivity index (χ1) is 13.1. The Morgan fingerprint density at radius 3 is 1.89 bits per heavy atom. The summed E-state index contributed by atoms with van der Waals surface area (Å²) in [5, 5.41) is 0. The van der Waals surface area contributed by atoms with Crippen molar-refractivity contribution in [2.75, 3.05) is 18.0 Å². The highest BCUT2D eigenvalue weighted by molar-refractivity contribution is 7.87. The molecule has 0 aliphatic carbocycles. The Hall–Kier alpha value is -2.38. The van der Waals surface area contributed by atoms with Crippen molar-refractivity contribution >= 4 is 27.6 Å². The Balaban J connectivity index is 1.70. The van der Waals surface area contributed by atoms with E-state index in [2.05, 4.69) is 4.72 Å². The van der Waals surface area contributed by atoms with Crippen LogP contribution in [-0.4, -0.2) is 31.8 Å². The van der Waals surface area contributed by atoms with E-state index in [-0.39, 0.29) is 0 Å². The van der Waals surface area contributed by atoms with Gasteiger partial charge in [-0.15, -0.1) is 0 Å². The number of para-hydroxylation sites is 2. The highest BCUT2D eigenvalue weighted by Crippen LogP contribution is 2.36. The standard InChI is InChI=1S/C20H23N3O3S/c24-20(21-27(25,26)22-14-6-1-7-15-22)23-18-10-4-2-8-16(18)12-13-17-9-3-5-11-19(17)23/h2-5,8-11H,1,6-7,12-15H2,(H,21,24). The highest BCUT2D eigenvalue weighted by atomic mass is 32.2. The number of hydrogen-bond donors (Lipinski definition) is 1. The van der Waals surface area contributed by atoms with Gasteiger partial charge in [-0.2, -0.15) is 12.7 Å². The summed E-state index contributed by atoms with van der Waals surface area (Å²) in [4.78, 5) is 14.6. The van der Waals surface area contributed by atoms with Gasteiger partial charge in [0, 0.05) is 13.1 Å². The van der Waals surface area contributed by atoms with Crippen LogP contribution in [0.4, 0.5) is 16.2 Å². The fraction of sp³-hybridized carbons (Fsp3) is 0.350. The van der Waals surface area contributed by atoms with Crippen LogP contribution in [0.2, 0.25) is 0 Å². The summed E-state index contributed by atoms with van der Waals surface area (Å²) >= 11 is 0. The second-order valence-corrected chi connectivity index (χ2v) is 8.64. The summed E-state index contributed by atoms with van der Waals surface area (Å²) in [6, 6.07) is 14.7. The van der Waals surface area contributed by atoms with Gasteiger partial charge in [0.05, 0.1) is 11.4 Å². The van der Waals surface area contributed by atoms with E-state index in [1.165, 1.54) is 9.21 Å². The summed E-state index contributed by atoms with van der Waals surface area (Å²) in [5.74, 6) is 0. The first kappa shape index (κ1) is 18.0. The number of nitrogens with one attached hydrogen (secondary N) is 1. The number of piperidine rings is 1. The van der Waals surface area contributed by atoms with Gasteiger partial charge in [0.1, 0.15) is 0 Å². The Labute approximate surface area is 160 Å². The van der Waals surface area contributed by atoms with Crippen molar-refractivity contribution in [2.24, 2.45) is 0 Å². The topological polar surface area (TPSA) is 69.7 Å². The lowest BCUT2D eigenvalue weighted by atomic mass is 10.0. The monoisotopic (exact) mass is 385 g/mol. The summed E-state index contributed by atoms with van der Waals surface area (Å²) < 4.78 is 29.1. The zero-order valence-corrected chi connectivity index (χ0v) is 15.9. The summed E-state index contributed by atoms with van der Waals surface area (Å²) in [6.07, 6.45) is 4.27. The molecule has 2 aliphatic heterocycles. The maximum absolute atomic E-state index is 13.1. The number of fused-ring (bicyclic) bond motifs is 2. The molecule has 27 heavy (non-hydrogen) atoms. The van der Waals surface area contributed by atoms with Gasteiger partial charge in [-0.25, -0.2) is 9.52 Å². The predicted molar refractivity (Wildman–Crippen MR) is 105 cm³/mol. The average Bonchev–Trinajstić information content (AvgIpc) is 2.85. The number of benzene rings is 2. The lowest BCUT2D eigenvalue weighted by molar-refractivity contribution is 0.251. The molecule has 1 fully saturated rings. The van der Waals surface area contributed by atoms with Crippen molar-refractivity contribution < 1.29 is 13.2 Å². The van der Waals surface area contributed by atoms with Crippen molar-refractivity contribution in [1.29, 1.82) is 0 Å². The molecule has 0 unspecified atom stereocenters. The van der Waals surface area contributed by atoms with Crippen LogP contribution in [0.5, 0.6) is 0 Å². The molecule has 4 rings (SSSR count). The molecular weight excluding hydrogens is 362 g/mol. The predicted octanol–water partition coefficient (Wildman–Crippen LogP) is 3.36. The van der Waals surface area contributed by atoms with E-state index in [0.29, 0.717) is 13.1 Å². The number of urea groups is 1. The number of hydrogen-bond acceptors (Lipinski definition) is 3. The van der Waals surface area contributed by atoms with Crippen LogP contribution in [0.25, 0.3) is 0 Å². The van der Waals surface area contributed by atoms with Gasteiger partial charge in [-0.1, -0.05) is 42.8 Å². The van der Waals surface area contributed by atoms with Crippen molar-refractivity contribution in [1.82, 2.24) is 9.03 Å². The molecule has 142 valence electrons. The van der Waals surface area contributed by atoms with Crippen LogP contribution in [0.1, 0.15) is 30.4 Å². The van der Waals surface area contributed by atoms with Crippen molar-refractivity contribution in [3.05, 3.63) is 59.7 Å². The third-order valence-corrected chi connectivity index (χ3v) is 6.68. The third kappa shape index (κ3) is 3.57. The van der Waals surface area contributed by atoms with Crippen molar-refractivity contribution in [3.8, 4) is 0 Å². The third-order valence-electron chi connectivity index (χ3n) is 5.20. The Morgan fingerprint density at radius 2 is 1.33 bits per heavy atom. The van der Waals surface area contributed by atoms with Crippen LogP contribution in [0.15, 0.2) is 48.5 Å². The fourth-order valence-corrected chi connectivity index (χ4v) is 5.00. The smallest absolute Gasteiger partial charge is 0.262 e. The fourth-order valence-electron chi connectivity index (χ4n) is 3.82.